The van der Waals surface area contributed by atoms with Gasteiger partial charge >= 0.3 is 5.97 Å². The Hall–Kier alpha value is -2.18. The molecule has 0 bridgehead atoms. The molecule has 0 aromatic carbocycles. The van der Waals surface area contributed by atoms with Crippen LogP contribution in [-0.2, 0) is 6.54 Å². The van der Waals surface area contributed by atoms with E-state index in [1.807, 2.05) is 0 Å². The molecule has 3 atom stereocenters. The van der Waals surface area contributed by atoms with Crippen molar-refractivity contribution in [1.29, 1.82) is 0 Å². The van der Waals surface area contributed by atoms with Crippen molar-refractivity contribution < 1.29 is 9.90 Å². The zero-order valence-corrected chi connectivity index (χ0v) is 16.2. The fraction of sp³-hybridized carbons (Fsp3) is 0.700. The van der Waals surface area contributed by atoms with E-state index in [2.05, 4.69) is 38.7 Å². The molecule has 7 nitrogen and oxygen atoms in total. The number of aromatic carboxylic acids is 1. The predicted octanol–water partition coefficient (Wildman–Crippen LogP) is 3.95. The van der Waals surface area contributed by atoms with Crippen LogP contribution >= 0.6 is 0 Å². The number of anilines is 1. The largest absolute Gasteiger partial charge is 0.475 e. The number of imidazole rings is 1. The van der Waals surface area contributed by atoms with Crippen LogP contribution in [0.25, 0.3) is 11.2 Å². The maximum Gasteiger partial charge on any atom is 0.374 e. The van der Waals surface area contributed by atoms with E-state index >= 15 is 0 Å². The number of carboxylic acids is 1. The summed E-state index contributed by atoms with van der Waals surface area (Å²) in [6.07, 6.45) is 10.5. The summed E-state index contributed by atoms with van der Waals surface area (Å²) in [7, 11) is 0. The predicted molar refractivity (Wildman–Crippen MR) is 104 cm³/mol. The summed E-state index contributed by atoms with van der Waals surface area (Å²) in [6, 6.07) is 0.262. The number of nitrogens with one attached hydrogen (secondary N) is 1. The van der Waals surface area contributed by atoms with Gasteiger partial charge in [0.25, 0.3) is 0 Å². The van der Waals surface area contributed by atoms with Crippen LogP contribution in [0.4, 0.5) is 5.82 Å². The quantitative estimate of drug-likeness (QED) is 0.765. The highest BCUT2D eigenvalue weighted by atomic mass is 16.4. The van der Waals surface area contributed by atoms with Gasteiger partial charge in [-0.05, 0) is 50.4 Å². The van der Waals surface area contributed by atoms with E-state index in [1.165, 1.54) is 44.9 Å². The maximum atomic E-state index is 11.5. The van der Waals surface area contributed by atoms with Crippen LogP contribution in [-0.4, -0.2) is 36.6 Å². The Bertz CT molecular complexity index is 829. The minimum Gasteiger partial charge on any atom is -0.475 e. The standard InChI is InChI=1S/C20H29N5O2/c1-3-13-7-8-14(9-13)10-25-11-21-17-16(25)18(24-19(23-17)20(26)27)22-12(2)15-5-4-6-15/h11-15H,3-10H2,1-2H3,(H,26,27)(H,22,23,24). The molecule has 0 amide bonds. The van der Waals surface area contributed by atoms with Crippen LogP contribution in [0.3, 0.4) is 0 Å². The number of carboxylic acid groups (broad SMARTS) is 1. The topological polar surface area (TPSA) is 92.9 Å². The highest BCUT2D eigenvalue weighted by Crippen LogP contribution is 2.35. The smallest absolute Gasteiger partial charge is 0.374 e. The molecule has 2 aliphatic carbocycles. The normalized spacial score (nSPS) is 24.1. The highest BCUT2D eigenvalue weighted by Gasteiger charge is 2.28. The van der Waals surface area contributed by atoms with Crippen LogP contribution in [0, 0.1) is 17.8 Å². The van der Waals surface area contributed by atoms with Gasteiger partial charge in [0.15, 0.2) is 11.5 Å². The van der Waals surface area contributed by atoms with Crippen LogP contribution < -0.4 is 5.32 Å². The Morgan fingerprint density at radius 1 is 1.30 bits per heavy atom. The van der Waals surface area contributed by atoms with Gasteiger partial charge in [0, 0.05) is 12.6 Å². The van der Waals surface area contributed by atoms with Gasteiger partial charge in [-0.1, -0.05) is 26.2 Å². The Morgan fingerprint density at radius 3 is 2.70 bits per heavy atom. The van der Waals surface area contributed by atoms with E-state index in [0.29, 0.717) is 23.3 Å². The SMILES string of the molecule is CCC1CCC(Cn2cnc3nc(C(=O)O)nc(NC(C)C4CCC4)c32)C1. The molecule has 2 aromatic heterocycles. The van der Waals surface area contributed by atoms with Crippen molar-refractivity contribution in [3.8, 4) is 0 Å². The van der Waals surface area contributed by atoms with Crippen molar-refractivity contribution in [2.24, 2.45) is 17.8 Å². The third kappa shape index (κ3) is 3.64. The number of hydrogen-bond acceptors (Lipinski definition) is 5. The molecule has 2 fully saturated rings. The van der Waals surface area contributed by atoms with Crippen molar-refractivity contribution >= 4 is 23.0 Å². The molecule has 3 unspecified atom stereocenters. The number of aromatic nitrogens is 4. The highest BCUT2D eigenvalue weighted by molar-refractivity contribution is 5.90. The second-order valence-electron chi connectivity index (χ2n) is 8.35. The molecule has 2 N–H and O–H groups in total. The molecule has 2 aromatic rings. The number of rotatable bonds is 7. The van der Waals surface area contributed by atoms with Gasteiger partial charge in [-0.2, -0.15) is 0 Å². The van der Waals surface area contributed by atoms with Gasteiger partial charge < -0.3 is 15.0 Å². The van der Waals surface area contributed by atoms with Gasteiger partial charge in [-0.15, -0.1) is 0 Å². The third-order valence-electron chi connectivity index (χ3n) is 6.57. The van der Waals surface area contributed by atoms with E-state index in [-0.39, 0.29) is 11.9 Å². The van der Waals surface area contributed by atoms with Gasteiger partial charge in [0.05, 0.1) is 6.33 Å². The lowest BCUT2D eigenvalue weighted by atomic mass is 9.80. The van der Waals surface area contributed by atoms with Crippen LogP contribution in [0.15, 0.2) is 6.33 Å². The van der Waals surface area contributed by atoms with Crippen molar-refractivity contribution in [2.75, 3.05) is 5.32 Å². The summed E-state index contributed by atoms with van der Waals surface area (Å²) in [5.74, 6) is 1.40. The average molecular weight is 371 g/mol. The van der Waals surface area contributed by atoms with Gasteiger partial charge in [-0.3, -0.25) is 0 Å². The molecule has 27 heavy (non-hydrogen) atoms. The van der Waals surface area contributed by atoms with Crippen LogP contribution in [0.5, 0.6) is 0 Å². The Balaban J connectivity index is 1.64. The first-order chi connectivity index (χ1) is 13.0. The molecule has 146 valence electrons. The number of fused-ring (bicyclic) bond motifs is 1. The first-order valence-electron chi connectivity index (χ1n) is 10.3. The van der Waals surface area contributed by atoms with Crippen molar-refractivity contribution in [3.63, 3.8) is 0 Å². The molecule has 0 radical (unpaired) electrons. The maximum absolute atomic E-state index is 11.5. The molecule has 0 saturated heterocycles. The number of hydrogen-bond donors (Lipinski definition) is 2. The lowest BCUT2D eigenvalue weighted by molar-refractivity contribution is 0.0684. The van der Waals surface area contributed by atoms with E-state index in [4.69, 9.17) is 0 Å². The first-order valence-corrected chi connectivity index (χ1v) is 10.3. The zero-order chi connectivity index (χ0) is 19.0. The Morgan fingerprint density at radius 2 is 2.07 bits per heavy atom. The second kappa shape index (κ2) is 7.44. The first kappa shape index (κ1) is 18.2. The molecule has 2 heterocycles. The number of nitrogens with zero attached hydrogens (tertiary/aromatic N) is 4. The summed E-state index contributed by atoms with van der Waals surface area (Å²) in [5.41, 5.74) is 1.31. The monoisotopic (exact) mass is 371 g/mol. The summed E-state index contributed by atoms with van der Waals surface area (Å²) >= 11 is 0. The summed E-state index contributed by atoms with van der Waals surface area (Å²) in [5, 5.41) is 12.9. The van der Waals surface area contributed by atoms with Crippen molar-refractivity contribution in [2.45, 2.75) is 71.4 Å². The zero-order valence-electron chi connectivity index (χ0n) is 16.2. The lowest BCUT2D eigenvalue weighted by Crippen LogP contribution is -2.31. The van der Waals surface area contributed by atoms with E-state index in [1.54, 1.807) is 6.33 Å². The van der Waals surface area contributed by atoms with E-state index in [0.717, 1.165) is 18.0 Å². The lowest BCUT2D eigenvalue weighted by Gasteiger charge is -2.32. The molecular weight excluding hydrogens is 342 g/mol. The van der Waals surface area contributed by atoms with Gasteiger partial charge in [0.1, 0.15) is 5.52 Å². The number of carbonyl (C=O) groups is 1. The average Bonchev–Trinajstić information content (AvgIpc) is 3.20. The van der Waals surface area contributed by atoms with E-state index < -0.39 is 5.97 Å². The van der Waals surface area contributed by atoms with Crippen molar-refractivity contribution in [1.82, 2.24) is 19.5 Å². The molecule has 0 spiro atoms. The minimum atomic E-state index is -1.12. The Kier molecular flexibility index (Phi) is 5.02. The third-order valence-corrected chi connectivity index (χ3v) is 6.57. The molecular formula is C20H29N5O2. The summed E-state index contributed by atoms with van der Waals surface area (Å²) < 4.78 is 2.12. The minimum absolute atomic E-state index is 0.192. The van der Waals surface area contributed by atoms with Gasteiger partial charge in [0.2, 0.25) is 5.82 Å². The second-order valence-corrected chi connectivity index (χ2v) is 8.35. The summed E-state index contributed by atoms with van der Waals surface area (Å²) in [6.45, 7) is 5.32. The molecule has 2 saturated carbocycles. The Labute approximate surface area is 159 Å². The molecule has 0 aliphatic heterocycles. The van der Waals surface area contributed by atoms with Gasteiger partial charge in [-0.25, -0.2) is 19.7 Å². The van der Waals surface area contributed by atoms with Crippen molar-refractivity contribution in [3.05, 3.63) is 12.2 Å². The fourth-order valence-corrected chi connectivity index (χ4v) is 4.58. The summed E-state index contributed by atoms with van der Waals surface area (Å²) in [4.78, 5) is 24.4. The fourth-order valence-electron chi connectivity index (χ4n) is 4.58. The molecule has 2 aliphatic rings. The molecule has 7 heteroatoms. The van der Waals surface area contributed by atoms with E-state index in [9.17, 15) is 9.90 Å². The van der Waals surface area contributed by atoms with Crippen LogP contribution in [0.2, 0.25) is 0 Å². The van der Waals surface area contributed by atoms with Crippen LogP contribution in [0.1, 0.15) is 69.4 Å². The molecule has 4 rings (SSSR count).